The number of nitrogens with one attached hydrogen (secondary N) is 1. The number of hydrogen-bond acceptors (Lipinski definition) is 3. The number of amides is 1. The van der Waals surface area contributed by atoms with Crippen molar-refractivity contribution in [2.75, 3.05) is 18.2 Å². The Kier molecular flexibility index (Phi) is 3.51. The molecule has 0 radical (unpaired) electrons. The maximum atomic E-state index is 12.4. The molecule has 0 atom stereocenters. The maximum absolute atomic E-state index is 12.4. The first-order valence-corrected chi connectivity index (χ1v) is 7.08. The van der Waals surface area contributed by atoms with E-state index in [0.29, 0.717) is 33.9 Å². The normalized spacial score (nSPS) is 14.0. The van der Waals surface area contributed by atoms with Gasteiger partial charge >= 0.3 is 0 Å². The summed E-state index contributed by atoms with van der Waals surface area (Å²) in [4.78, 5) is 12.4. The first-order valence-electron chi connectivity index (χ1n) is 6.70. The second-order valence-corrected chi connectivity index (χ2v) is 5.51. The van der Waals surface area contributed by atoms with Crippen LogP contribution in [0.4, 0.5) is 11.4 Å². The van der Waals surface area contributed by atoms with Crippen LogP contribution in [0.1, 0.15) is 29.4 Å². The van der Waals surface area contributed by atoms with E-state index < -0.39 is 0 Å². The Labute approximate surface area is 127 Å². The van der Waals surface area contributed by atoms with Crippen molar-refractivity contribution >= 4 is 28.9 Å². The fraction of sp³-hybridized carbons (Fsp3) is 0.267. The van der Waals surface area contributed by atoms with E-state index in [1.807, 2.05) is 10.8 Å². The van der Waals surface area contributed by atoms with E-state index >= 15 is 0 Å². The number of rotatable bonds is 4. The maximum Gasteiger partial charge on any atom is 0.272 e. The predicted molar refractivity (Wildman–Crippen MR) is 83.1 cm³/mol. The minimum Gasteiger partial charge on any atom is -0.495 e. The molecule has 21 heavy (non-hydrogen) atoms. The van der Waals surface area contributed by atoms with Gasteiger partial charge in [0.05, 0.1) is 17.8 Å². The molecule has 1 fully saturated rings. The molecule has 3 rings (SSSR count). The van der Waals surface area contributed by atoms with Crippen LogP contribution in [-0.2, 0) is 0 Å². The summed E-state index contributed by atoms with van der Waals surface area (Å²) in [5, 5.41) is 3.28. The van der Waals surface area contributed by atoms with Crippen molar-refractivity contribution in [1.82, 2.24) is 4.57 Å². The number of anilines is 2. The van der Waals surface area contributed by atoms with Crippen LogP contribution >= 0.6 is 11.6 Å². The fourth-order valence-electron chi connectivity index (χ4n) is 2.28. The molecule has 1 aromatic heterocycles. The Bertz CT molecular complexity index is 692. The molecule has 0 unspecified atom stereocenters. The number of carbonyl (C=O) groups excluding carboxylic acids is 1. The van der Waals surface area contributed by atoms with Crippen molar-refractivity contribution in [2.24, 2.45) is 0 Å². The van der Waals surface area contributed by atoms with E-state index in [2.05, 4.69) is 5.32 Å². The Morgan fingerprint density at radius 1 is 1.43 bits per heavy atom. The topological polar surface area (TPSA) is 69.3 Å². The SMILES string of the molecule is COc1ccc(NC(=O)c2cc(N)cn2C2CC2)cc1Cl. The van der Waals surface area contributed by atoms with Crippen molar-refractivity contribution < 1.29 is 9.53 Å². The van der Waals surface area contributed by atoms with E-state index in [-0.39, 0.29) is 5.91 Å². The predicted octanol–water partition coefficient (Wildman–Crippen LogP) is 3.32. The number of nitrogens with zero attached hydrogens (tertiary/aromatic N) is 1. The van der Waals surface area contributed by atoms with E-state index in [0.717, 1.165) is 12.8 Å². The third-order valence-electron chi connectivity index (χ3n) is 3.45. The number of nitrogen functional groups attached to an aromatic ring is 1. The average molecular weight is 306 g/mol. The zero-order chi connectivity index (χ0) is 15.0. The number of aromatic nitrogens is 1. The quantitative estimate of drug-likeness (QED) is 0.910. The third kappa shape index (κ3) is 2.83. The molecule has 0 bridgehead atoms. The smallest absolute Gasteiger partial charge is 0.272 e. The second-order valence-electron chi connectivity index (χ2n) is 5.10. The molecule has 1 saturated carbocycles. The summed E-state index contributed by atoms with van der Waals surface area (Å²) >= 11 is 6.05. The van der Waals surface area contributed by atoms with Crippen LogP contribution in [0.25, 0.3) is 0 Å². The molecule has 0 aliphatic heterocycles. The number of hydrogen-bond donors (Lipinski definition) is 2. The Hall–Kier alpha value is -2.14. The van der Waals surface area contributed by atoms with E-state index in [9.17, 15) is 4.79 Å². The van der Waals surface area contributed by atoms with E-state index in [1.165, 1.54) is 0 Å². The lowest BCUT2D eigenvalue weighted by atomic mass is 10.3. The summed E-state index contributed by atoms with van der Waals surface area (Å²) in [5.74, 6) is 0.375. The van der Waals surface area contributed by atoms with Gasteiger partial charge in [0, 0.05) is 17.9 Å². The molecule has 0 spiro atoms. The molecule has 1 aliphatic rings. The van der Waals surface area contributed by atoms with Gasteiger partial charge in [-0.25, -0.2) is 0 Å². The van der Waals surface area contributed by atoms with Gasteiger partial charge in [-0.1, -0.05) is 11.6 Å². The number of carbonyl (C=O) groups is 1. The lowest BCUT2D eigenvalue weighted by Crippen LogP contribution is -2.16. The summed E-state index contributed by atoms with van der Waals surface area (Å²) in [7, 11) is 1.55. The molecule has 1 aromatic carbocycles. The van der Waals surface area contributed by atoms with Crippen LogP contribution in [0.5, 0.6) is 5.75 Å². The number of ether oxygens (including phenoxy) is 1. The Morgan fingerprint density at radius 2 is 2.19 bits per heavy atom. The van der Waals surface area contributed by atoms with Crippen LogP contribution in [0, 0.1) is 0 Å². The monoisotopic (exact) mass is 305 g/mol. The zero-order valence-corrected chi connectivity index (χ0v) is 12.4. The van der Waals surface area contributed by atoms with Crippen molar-refractivity contribution in [3.63, 3.8) is 0 Å². The number of halogens is 1. The first kappa shape index (κ1) is 13.8. The average Bonchev–Trinajstić information content (AvgIpc) is 3.21. The molecule has 6 heteroatoms. The summed E-state index contributed by atoms with van der Waals surface area (Å²) < 4.78 is 7.03. The van der Waals surface area contributed by atoms with Gasteiger partial charge < -0.3 is 20.4 Å². The van der Waals surface area contributed by atoms with Crippen molar-refractivity contribution in [3.05, 3.63) is 41.2 Å². The molecular weight excluding hydrogens is 290 g/mol. The van der Waals surface area contributed by atoms with Crippen LogP contribution in [-0.4, -0.2) is 17.6 Å². The van der Waals surface area contributed by atoms with Crippen molar-refractivity contribution in [1.29, 1.82) is 0 Å². The number of nitrogens with two attached hydrogens (primary N) is 1. The highest BCUT2D eigenvalue weighted by atomic mass is 35.5. The highest BCUT2D eigenvalue weighted by Gasteiger charge is 2.27. The number of benzene rings is 1. The number of methoxy groups -OCH3 is 1. The van der Waals surface area contributed by atoms with Gasteiger partial charge in [0.15, 0.2) is 0 Å². The van der Waals surface area contributed by atoms with E-state index in [1.54, 1.807) is 31.4 Å². The molecule has 2 aromatic rings. The summed E-state index contributed by atoms with van der Waals surface area (Å²) in [6.07, 6.45) is 3.99. The van der Waals surface area contributed by atoms with Crippen molar-refractivity contribution in [2.45, 2.75) is 18.9 Å². The molecule has 1 heterocycles. The van der Waals surface area contributed by atoms with Gasteiger partial charge in [0.1, 0.15) is 11.4 Å². The van der Waals surface area contributed by atoms with Gasteiger partial charge in [0.2, 0.25) is 0 Å². The summed E-state index contributed by atoms with van der Waals surface area (Å²) in [6.45, 7) is 0. The zero-order valence-electron chi connectivity index (χ0n) is 11.6. The first-order chi connectivity index (χ1) is 10.1. The van der Waals surface area contributed by atoms with Crippen LogP contribution in [0.15, 0.2) is 30.5 Å². The largest absolute Gasteiger partial charge is 0.495 e. The molecular formula is C15H16ClN3O2. The van der Waals surface area contributed by atoms with Gasteiger partial charge in [-0.2, -0.15) is 0 Å². The molecule has 0 saturated heterocycles. The summed E-state index contributed by atoms with van der Waals surface area (Å²) in [5.41, 5.74) is 7.59. The van der Waals surface area contributed by atoms with Gasteiger partial charge in [-0.05, 0) is 37.1 Å². The third-order valence-corrected chi connectivity index (χ3v) is 3.75. The molecule has 110 valence electrons. The molecule has 1 amide bonds. The second kappa shape index (κ2) is 5.33. The van der Waals surface area contributed by atoms with Gasteiger partial charge in [-0.15, -0.1) is 0 Å². The molecule has 5 nitrogen and oxygen atoms in total. The van der Waals surface area contributed by atoms with Crippen LogP contribution in [0.3, 0.4) is 0 Å². The van der Waals surface area contributed by atoms with E-state index in [4.69, 9.17) is 22.1 Å². The Balaban J connectivity index is 1.81. The minimum atomic E-state index is -0.195. The standard InChI is InChI=1S/C15H16ClN3O2/c1-21-14-5-2-10(7-12(14)16)18-15(20)13-6-9(17)8-19(13)11-3-4-11/h2,5-8,11H,3-4,17H2,1H3,(H,18,20). The minimum absolute atomic E-state index is 0.195. The Morgan fingerprint density at radius 3 is 2.81 bits per heavy atom. The highest BCUT2D eigenvalue weighted by Crippen LogP contribution is 2.37. The molecule has 3 N–H and O–H groups in total. The van der Waals surface area contributed by atoms with Crippen LogP contribution in [0.2, 0.25) is 5.02 Å². The van der Waals surface area contributed by atoms with Gasteiger partial charge in [-0.3, -0.25) is 4.79 Å². The summed E-state index contributed by atoms with van der Waals surface area (Å²) in [6, 6.07) is 7.20. The van der Waals surface area contributed by atoms with Gasteiger partial charge in [0.25, 0.3) is 5.91 Å². The molecule has 1 aliphatic carbocycles. The highest BCUT2D eigenvalue weighted by molar-refractivity contribution is 6.32. The lowest BCUT2D eigenvalue weighted by Gasteiger charge is -2.10. The lowest BCUT2D eigenvalue weighted by molar-refractivity contribution is 0.101. The van der Waals surface area contributed by atoms with Crippen molar-refractivity contribution in [3.8, 4) is 5.75 Å². The van der Waals surface area contributed by atoms with Crippen LogP contribution < -0.4 is 15.8 Å². The fourth-order valence-corrected chi connectivity index (χ4v) is 2.53.